The molecule has 2 aromatic carbocycles. The Morgan fingerprint density at radius 3 is 2.40 bits per heavy atom. The number of carbonyl (C=O) groups excluding carboxylic acids is 1. The van der Waals surface area contributed by atoms with E-state index in [1.54, 1.807) is 13.0 Å². The van der Waals surface area contributed by atoms with Gasteiger partial charge in [0.2, 0.25) is 15.9 Å². The second kappa shape index (κ2) is 7.67. The monoisotopic (exact) mass is 362 g/mol. The van der Waals surface area contributed by atoms with Crippen LogP contribution in [0.5, 0.6) is 5.75 Å². The van der Waals surface area contributed by atoms with Crippen molar-refractivity contribution in [2.24, 2.45) is 0 Å². The maximum atomic E-state index is 12.3. The van der Waals surface area contributed by atoms with E-state index in [0.29, 0.717) is 17.0 Å². The zero-order chi connectivity index (χ0) is 18.6. The summed E-state index contributed by atoms with van der Waals surface area (Å²) < 4.78 is 32.1. The molecule has 0 spiro atoms. The van der Waals surface area contributed by atoms with Gasteiger partial charge in [-0.15, -0.1) is 0 Å². The van der Waals surface area contributed by atoms with Gasteiger partial charge in [-0.05, 0) is 61.7 Å². The van der Waals surface area contributed by atoms with Gasteiger partial charge in [0, 0.05) is 5.69 Å². The first kappa shape index (κ1) is 19.0. The van der Waals surface area contributed by atoms with Crippen molar-refractivity contribution in [1.29, 1.82) is 0 Å². The molecule has 1 amide bonds. The summed E-state index contributed by atoms with van der Waals surface area (Å²) in [7, 11) is -2.26. The van der Waals surface area contributed by atoms with Crippen molar-refractivity contribution in [3.63, 3.8) is 0 Å². The highest BCUT2D eigenvalue weighted by molar-refractivity contribution is 7.89. The van der Waals surface area contributed by atoms with Crippen LogP contribution in [0.2, 0.25) is 0 Å². The smallest absolute Gasteiger partial charge is 0.241 e. The summed E-state index contributed by atoms with van der Waals surface area (Å²) in [4.78, 5) is 12.2. The molecular weight excluding hydrogens is 340 g/mol. The third kappa shape index (κ3) is 4.80. The number of methoxy groups -OCH3 is 1. The van der Waals surface area contributed by atoms with E-state index in [2.05, 4.69) is 10.0 Å². The summed E-state index contributed by atoms with van der Waals surface area (Å²) >= 11 is 0. The van der Waals surface area contributed by atoms with E-state index < -0.39 is 15.9 Å². The highest BCUT2D eigenvalue weighted by Gasteiger charge is 2.17. The van der Waals surface area contributed by atoms with Gasteiger partial charge in [0.1, 0.15) is 5.75 Å². The van der Waals surface area contributed by atoms with Crippen molar-refractivity contribution in [3.8, 4) is 5.75 Å². The summed E-state index contributed by atoms with van der Waals surface area (Å²) in [6.07, 6.45) is 0. The molecule has 2 rings (SSSR count). The second-order valence-electron chi connectivity index (χ2n) is 5.82. The molecule has 0 saturated heterocycles. The largest absolute Gasteiger partial charge is 0.496 e. The van der Waals surface area contributed by atoms with Crippen LogP contribution < -0.4 is 14.8 Å². The number of amides is 1. The molecule has 0 atom stereocenters. The van der Waals surface area contributed by atoms with Gasteiger partial charge in [-0.3, -0.25) is 4.79 Å². The molecular formula is C18H22N2O4S. The Kier molecular flexibility index (Phi) is 5.81. The summed E-state index contributed by atoms with van der Waals surface area (Å²) in [5, 5.41) is 2.72. The van der Waals surface area contributed by atoms with Gasteiger partial charge in [-0.25, -0.2) is 13.1 Å². The van der Waals surface area contributed by atoms with Crippen molar-refractivity contribution in [3.05, 3.63) is 53.1 Å². The normalized spacial score (nSPS) is 11.2. The Hall–Kier alpha value is -2.38. The number of hydrogen-bond acceptors (Lipinski definition) is 4. The van der Waals surface area contributed by atoms with Crippen LogP contribution in [0.4, 0.5) is 5.69 Å². The number of rotatable bonds is 6. The molecule has 0 aliphatic rings. The van der Waals surface area contributed by atoms with Crippen LogP contribution in [0.15, 0.2) is 41.3 Å². The Balaban J connectivity index is 2.05. The van der Waals surface area contributed by atoms with Gasteiger partial charge in [0.05, 0.1) is 18.6 Å². The highest BCUT2D eigenvalue weighted by Crippen LogP contribution is 2.21. The summed E-state index contributed by atoms with van der Waals surface area (Å²) in [6, 6.07) is 10.2. The number of ether oxygens (including phenoxy) is 1. The minimum Gasteiger partial charge on any atom is -0.496 e. The van der Waals surface area contributed by atoms with Crippen LogP contribution in [0.25, 0.3) is 0 Å². The predicted octanol–water partition coefficient (Wildman–Crippen LogP) is 2.54. The van der Waals surface area contributed by atoms with Crippen molar-refractivity contribution in [2.75, 3.05) is 19.0 Å². The maximum absolute atomic E-state index is 12.3. The lowest BCUT2D eigenvalue weighted by molar-refractivity contribution is -0.115. The fourth-order valence-corrected chi connectivity index (χ4v) is 3.39. The molecule has 0 radical (unpaired) electrons. The van der Waals surface area contributed by atoms with Crippen molar-refractivity contribution in [1.82, 2.24) is 4.72 Å². The topological polar surface area (TPSA) is 84.5 Å². The minimum absolute atomic E-state index is 0.0883. The van der Waals surface area contributed by atoms with E-state index in [9.17, 15) is 13.2 Å². The number of carbonyl (C=O) groups is 1. The summed E-state index contributed by atoms with van der Waals surface area (Å²) in [6.45, 7) is 5.20. The SMILES string of the molecule is COc1ccc(S(=O)(=O)NCC(=O)Nc2cc(C)ccc2C)cc1C. The van der Waals surface area contributed by atoms with Crippen LogP contribution in [-0.2, 0) is 14.8 Å². The fourth-order valence-electron chi connectivity index (χ4n) is 2.33. The minimum atomic E-state index is -3.78. The molecule has 2 N–H and O–H groups in total. The molecule has 0 saturated carbocycles. The Morgan fingerprint density at radius 2 is 1.76 bits per heavy atom. The summed E-state index contributed by atoms with van der Waals surface area (Å²) in [5.41, 5.74) is 3.29. The molecule has 134 valence electrons. The van der Waals surface area contributed by atoms with E-state index in [-0.39, 0.29) is 11.4 Å². The van der Waals surface area contributed by atoms with Gasteiger partial charge < -0.3 is 10.1 Å². The van der Waals surface area contributed by atoms with E-state index in [4.69, 9.17) is 4.74 Å². The highest BCUT2D eigenvalue weighted by atomic mass is 32.2. The van der Waals surface area contributed by atoms with Crippen LogP contribution in [0.3, 0.4) is 0 Å². The third-order valence-electron chi connectivity index (χ3n) is 3.77. The molecule has 0 aromatic heterocycles. The fraction of sp³-hybridized carbons (Fsp3) is 0.278. The number of hydrogen-bond donors (Lipinski definition) is 2. The number of benzene rings is 2. The van der Waals surface area contributed by atoms with E-state index in [1.807, 2.05) is 32.0 Å². The summed E-state index contributed by atoms with van der Waals surface area (Å²) in [5.74, 6) is 0.175. The second-order valence-corrected chi connectivity index (χ2v) is 7.59. The molecule has 2 aromatic rings. The lowest BCUT2D eigenvalue weighted by Gasteiger charge is -2.11. The molecule has 0 unspecified atom stereocenters. The first-order chi connectivity index (χ1) is 11.7. The molecule has 0 bridgehead atoms. The van der Waals surface area contributed by atoms with Crippen molar-refractivity contribution < 1.29 is 17.9 Å². The molecule has 7 heteroatoms. The average molecular weight is 362 g/mol. The third-order valence-corrected chi connectivity index (χ3v) is 5.17. The zero-order valence-electron chi connectivity index (χ0n) is 14.7. The maximum Gasteiger partial charge on any atom is 0.241 e. The van der Waals surface area contributed by atoms with Gasteiger partial charge in [0.25, 0.3) is 0 Å². The Bertz CT molecular complexity index is 892. The van der Waals surface area contributed by atoms with Crippen molar-refractivity contribution in [2.45, 2.75) is 25.7 Å². The molecule has 25 heavy (non-hydrogen) atoms. The van der Waals surface area contributed by atoms with Gasteiger partial charge in [-0.1, -0.05) is 12.1 Å². The van der Waals surface area contributed by atoms with Crippen LogP contribution in [0, 0.1) is 20.8 Å². The van der Waals surface area contributed by atoms with Crippen molar-refractivity contribution >= 4 is 21.6 Å². The number of aryl methyl sites for hydroxylation is 3. The van der Waals surface area contributed by atoms with Gasteiger partial charge in [-0.2, -0.15) is 0 Å². The van der Waals surface area contributed by atoms with Crippen LogP contribution >= 0.6 is 0 Å². The van der Waals surface area contributed by atoms with E-state index in [1.165, 1.54) is 19.2 Å². The average Bonchev–Trinajstić information content (AvgIpc) is 2.56. The first-order valence-corrected chi connectivity index (χ1v) is 9.22. The molecule has 0 fully saturated rings. The first-order valence-electron chi connectivity index (χ1n) is 7.74. The standard InChI is InChI=1S/C18H22N2O4S/c1-12-5-6-13(2)16(9-12)20-18(21)11-19-25(22,23)15-7-8-17(24-4)14(3)10-15/h5-10,19H,11H2,1-4H3,(H,20,21). The van der Waals surface area contributed by atoms with E-state index in [0.717, 1.165) is 11.1 Å². The Labute approximate surface area is 148 Å². The number of anilines is 1. The zero-order valence-corrected chi connectivity index (χ0v) is 15.5. The Morgan fingerprint density at radius 1 is 1.04 bits per heavy atom. The van der Waals surface area contributed by atoms with Gasteiger partial charge >= 0.3 is 0 Å². The molecule has 0 aliphatic carbocycles. The number of nitrogens with one attached hydrogen (secondary N) is 2. The molecule has 0 aliphatic heterocycles. The van der Waals surface area contributed by atoms with Crippen LogP contribution in [-0.4, -0.2) is 28.0 Å². The number of sulfonamides is 1. The predicted molar refractivity (Wildman–Crippen MR) is 97.5 cm³/mol. The molecule has 0 heterocycles. The van der Waals surface area contributed by atoms with Gasteiger partial charge in [0.15, 0.2) is 0 Å². The molecule has 6 nitrogen and oxygen atoms in total. The lowest BCUT2D eigenvalue weighted by Crippen LogP contribution is -2.33. The van der Waals surface area contributed by atoms with Crippen LogP contribution in [0.1, 0.15) is 16.7 Å². The lowest BCUT2D eigenvalue weighted by atomic mass is 10.1. The quantitative estimate of drug-likeness (QED) is 0.827. The van der Waals surface area contributed by atoms with E-state index >= 15 is 0 Å².